The Hall–Kier alpha value is -0.830. The van der Waals surface area contributed by atoms with Gasteiger partial charge in [-0.15, -0.1) is 0 Å². The first-order valence-electron chi connectivity index (χ1n) is 5.05. The van der Waals surface area contributed by atoms with Gasteiger partial charge in [-0.1, -0.05) is 11.6 Å². The lowest BCUT2D eigenvalue weighted by Crippen LogP contribution is -2.36. The van der Waals surface area contributed by atoms with E-state index in [9.17, 15) is 9.90 Å². The number of rotatable bonds is 3. The number of hydrogen-bond acceptors (Lipinski definition) is 3. The van der Waals surface area contributed by atoms with E-state index in [0.717, 1.165) is 19.3 Å². The van der Waals surface area contributed by atoms with Crippen molar-refractivity contribution < 1.29 is 14.6 Å². The van der Waals surface area contributed by atoms with Gasteiger partial charge in [0.05, 0.1) is 7.11 Å². The van der Waals surface area contributed by atoms with Crippen molar-refractivity contribution in [3.05, 3.63) is 11.6 Å². The minimum absolute atomic E-state index is 0.402. The Morgan fingerprint density at radius 2 is 2.36 bits per heavy atom. The molecule has 0 amide bonds. The summed E-state index contributed by atoms with van der Waals surface area (Å²) in [7, 11) is 1.30. The van der Waals surface area contributed by atoms with E-state index in [1.807, 2.05) is 0 Å². The predicted octanol–water partition coefficient (Wildman–Crippen LogP) is 1.80. The highest BCUT2D eigenvalue weighted by Gasteiger charge is 2.32. The van der Waals surface area contributed by atoms with Crippen LogP contribution in [0.3, 0.4) is 0 Å². The first kappa shape index (κ1) is 11.2. The predicted molar refractivity (Wildman–Crippen MR) is 53.8 cm³/mol. The van der Waals surface area contributed by atoms with Gasteiger partial charge in [-0.05, 0) is 32.6 Å². The standard InChI is InChI=1S/C11H18O3/c1-11(13,10(12)14-2)8-9-6-4-3-5-7-9/h6,13H,3-5,7-8H2,1-2H3/t11-/m0/s1. The van der Waals surface area contributed by atoms with Crippen LogP contribution in [0.4, 0.5) is 0 Å². The normalized spacial score (nSPS) is 20.9. The number of carbonyl (C=O) groups excluding carboxylic acids is 1. The molecule has 0 bridgehead atoms. The van der Waals surface area contributed by atoms with Crippen LogP contribution in [0.5, 0.6) is 0 Å². The van der Waals surface area contributed by atoms with Crippen LogP contribution >= 0.6 is 0 Å². The van der Waals surface area contributed by atoms with Crippen molar-refractivity contribution in [1.82, 2.24) is 0 Å². The van der Waals surface area contributed by atoms with Gasteiger partial charge in [-0.3, -0.25) is 0 Å². The Bertz CT molecular complexity index is 241. The SMILES string of the molecule is COC(=O)[C@@](C)(O)CC1=CCCCC1. The summed E-state index contributed by atoms with van der Waals surface area (Å²) >= 11 is 0. The van der Waals surface area contributed by atoms with Crippen molar-refractivity contribution in [2.24, 2.45) is 0 Å². The summed E-state index contributed by atoms with van der Waals surface area (Å²) in [5.74, 6) is -0.552. The number of hydrogen-bond donors (Lipinski definition) is 1. The summed E-state index contributed by atoms with van der Waals surface area (Å²) in [4.78, 5) is 11.2. The van der Waals surface area contributed by atoms with E-state index >= 15 is 0 Å². The molecule has 0 aliphatic heterocycles. The molecule has 1 N–H and O–H groups in total. The molecule has 1 aliphatic carbocycles. The van der Waals surface area contributed by atoms with Crippen LogP contribution in [-0.4, -0.2) is 23.8 Å². The fraction of sp³-hybridized carbons (Fsp3) is 0.727. The highest BCUT2D eigenvalue weighted by Crippen LogP contribution is 2.26. The first-order valence-corrected chi connectivity index (χ1v) is 5.05. The number of methoxy groups -OCH3 is 1. The zero-order valence-corrected chi connectivity index (χ0v) is 8.88. The fourth-order valence-electron chi connectivity index (χ4n) is 1.80. The number of ether oxygens (including phenoxy) is 1. The fourth-order valence-corrected chi connectivity index (χ4v) is 1.80. The van der Waals surface area contributed by atoms with Crippen molar-refractivity contribution >= 4 is 5.97 Å². The molecular formula is C11H18O3. The zero-order valence-electron chi connectivity index (χ0n) is 8.88. The van der Waals surface area contributed by atoms with Gasteiger partial charge in [0, 0.05) is 6.42 Å². The molecule has 0 aromatic carbocycles. The average molecular weight is 198 g/mol. The van der Waals surface area contributed by atoms with Gasteiger partial charge in [0.25, 0.3) is 0 Å². The Morgan fingerprint density at radius 3 is 2.86 bits per heavy atom. The van der Waals surface area contributed by atoms with E-state index in [1.54, 1.807) is 0 Å². The molecule has 1 rings (SSSR count). The molecule has 14 heavy (non-hydrogen) atoms. The van der Waals surface area contributed by atoms with Crippen molar-refractivity contribution in [3.8, 4) is 0 Å². The molecule has 0 unspecified atom stereocenters. The summed E-state index contributed by atoms with van der Waals surface area (Å²) in [6.45, 7) is 1.51. The van der Waals surface area contributed by atoms with E-state index in [-0.39, 0.29) is 0 Å². The van der Waals surface area contributed by atoms with Crippen molar-refractivity contribution in [2.75, 3.05) is 7.11 Å². The highest BCUT2D eigenvalue weighted by molar-refractivity contribution is 5.78. The van der Waals surface area contributed by atoms with Gasteiger partial charge in [0.15, 0.2) is 5.60 Å². The summed E-state index contributed by atoms with van der Waals surface area (Å²) in [5.41, 5.74) is -0.190. The zero-order chi connectivity index (χ0) is 10.6. The minimum atomic E-state index is -1.36. The highest BCUT2D eigenvalue weighted by atomic mass is 16.5. The summed E-state index contributed by atoms with van der Waals surface area (Å²) in [5, 5.41) is 9.82. The van der Waals surface area contributed by atoms with Gasteiger partial charge in [0.2, 0.25) is 0 Å². The lowest BCUT2D eigenvalue weighted by molar-refractivity contribution is -0.160. The Balaban J connectivity index is 2.57. The van der Waals surface area contributed by atoms with Crippen LogP contribution in [-0.2, 0) is 9.53 Å². The lowest BCUT2D eigenvalue weighted by Gasteiger charge is -2.23. The van der Waals surface area contributed by atoms with Crippen molar-refractivity contribution in [1.29, 1.82) is 0 Å². The van der Waals surface area contributed by atoms with E-state index in [0.29, 0.717) is 6.42 Å². The molecule has 1 atom stereocenters. The summed E-state index contributed by atoms with van der Waals surface area (Å²) < 4.78 is 4.54. The second-order valence-electron chi connectivity index (χ2n) is 4.05. The van der Waals surface area contributed by atoms with Gasteiger partial charge in [-0.25, -0.2) is 4.79 Å². The first-order chi connectivity index (χ1) is 6.56. The Kier molecular flexibility index (Phi) is 3.69. The Morgan fingerprint density at radius 1 is 1.64 bits per heavy atom. The number of aliphatic hydroxyl groups is 1. The van der Waals surface area contributed by atoms with Crippen LogP contribution in [0, 0.1) is 0 Å². The molecule has 0 saturated heterocycles. The second kappa shape index (κ2) is 4.60. The largest absolute Gasteiger partial charge is 0.467 e. The van der Waals surface area contributed by atoms with Crippen LogP contribution in [0.2, 0.25) is 0 Å². The molecule has 80 valence electrons. The molecule has 0 saturated carbocycles. The second-order valence-corrected chi connectivity index (χ2v) is 4.05. The number of allylic oxidation sites excluding steroid dienone is 1. The van der Waals surface area contributed by atoms with Crippen LogP contribution in [0.25, 0.3) is 0 Å². The van der Waals surface area contributed by atoms with Crippen LogP contribution < -0.4 is 0 Å². The maximum atomic E-state index is 11.2. The third kappa shape index (κ3) is 2.84. The van der Waals surface area contributed by atoms with E-state index in [1.165, 1.54) is 26.0 Å². The van der Waals surface area contributed by atoms with E-state index < -0.39 is 11.6 Å². The molecule has 0 radical (unpaired) electrons. The molecule has 0 aromatic heterocycles. The van der Waals surface area contributed by atoms with Gasteiger partial charge in [-0.2, -0.15) is 0 Å². The third-order valence-electron chi connectivity index (χ3n) is 2.58. The molecule has 0 fully saturated rings. The van der Waals surface area contributed by atoms with Crippen molar-refractivity contribution in [2.45, 2.75) is 44.6 Å². The minimum Gasteiger partial charge on any atom is -0.467 e. The molecule has 3 nitrogen and oxygen atoms in total. The monoisotopic (exact) mass is 198 g/mol. The van der Waals surface area contributed by atoms with Gasteiger partial charge < -0.3 is 9.84 Å². The van der Waals surface area contributed by atoms with Crippen LogP contribution in [0.15, 0.2) is 11.6 Å². The van der Waals surface area contributed by atoms with Crippen LogP contribution in [0.1, 0.15) is 39.0 Å². The smallest absolute Gasteiger partial charge is 0.337 e. The third-order valence-corrected chi connectivity index (χ3v) is 2.58. The number of esters is 1. The van der Waals surface area contributed by atoms with Gasteiger partial charge >= 0.3 is 5.97 Å². The molecule has 1 aliphatic rings. The molecule has 0 spiro atoms. The average Bonchev–Trinajstić information content (AvgIpc) is 2.17. The molecular weight excluding hydrogens is 180 g/mol. The van der Waals surface area contributed by atoms with E-state index in [2.05, 4.69) is 10.8 Å². The van der Waals surface area contributed by atoms with E-state index in [4.69, 9.17) is 0 Å². The maximum Gasteiger partial charge on any atom is 0.337 e. The Labute approximate surface area is 84.8 Å². The molecule has 0 heterocycles. The number of carbonyl (C=O) groups is 1. The summed E-state index contributed by atoms with van der Waals surface area (Å²) in [6, 6.07) is 0. The quantitative estimate of drug-likeness (QED) is 0.555. The maximum absolute atomic E-state index is 11.2. The molecule has 0 aromatic rings. The van der Waals surface area contributed by atoms with Crippen molar-refractivity contribution in [3.63, 3.8) is 0 Å². The van der Waals surface area contributed by atoms with Gasteiger partial charge in [0.1, 0.15) is 0 Å². The summed E-state index contributed by atoms with van der Waals surface area (Å²) in [6.07, 6.45) is 6.95. The topological polar surface area (TPSA) is 46.5 Å². The lowest BCUT2D eigenvalue weighted by atomic mass is 9.89. The molecule has 3 heteroatoms.